The molecule has 0 unspecified atom stereocenters. The summed E-state index contributed by atoms with van der Waals surface area (Å²) in [6, 6.07) is 0. The SMILES string of the molecule is CC(=O)C1=C(F)CCC=C1. The molecule has 10 heavy (non-hydrogen) atoms. The molecule has 0 saturated heterocycles. The number of allylic oxidation sites excluding steroid dienone is 4. The first kappa shape index (κ1) is 7.19. The summed E-state index contributed by atoms with van der Waals surface area (Å²) in [5, 5.41) is 0. The Labute approximate surface area is 59.2 Å². The van der Waals surface area contributed by atoms with Crippen LogP contribution in [0.25, 0.3) is 0 Å². The Kier molecular flexibility index (Phi) is 2.00. The van der Waals surface area contributed by atoms with E-state index in [4.69, 9.17) is 0 Å². The summed E-state index contributed by atoms with van der Waals surface area (Å²) in [7, 11) is 0. The maximum atomic E-state index is 12.7. The van der Waals surface area contributed by atoms with Crippen LogP contribution in [0.2, 0.25) is 0 Å². The Hall–Kier alpha value is -0.920. The lowest BCUT2D eigenvalue weighted by atomic mass is 10.0. The highest BCUT2D eigenvalue weighted by Gasteiger charge is 2.10. The predicted molar refractivity (Wildman–Crippen MR) is 37.2 cm³/mol. The second kappa shape index (κ2) is 2.78. The van der Waals surface area contributed by atoms with Gasteiger partial charge in [-0.05, 0) is 13.3 Å². The van der Waals surface area contributed by atoms with Gasteiger partial charge in [-0.25, -0.2) is 4.39 Å². The van der Waals surface area contributed by atoms with Crippen molar-refractivity contribution in [3.05, 3.63) is 23.6 Å². The zero-order valence-electron chi connectivity index (χ0n) is 5.86. The Morgan fingerprint density at radius 3 is 2.80 bits per heavy atom. The Morgan fingerprint density at radius 2 is 2.40 bits per heavy atom. The van der Waals surface area contributed by atoms with E-state index in [9.17, 15) is 9.18 Å². The molecule has 0 amide bonds. The summed E-state index contributed by atoms with van der Waals surface area (Å²) in [5.41, 5.74) is 0.242. The molecule has 0 bridgehead atoms. The highest BCUT2D eigenvalue weighted by Crippen LogP contribution is 2.19. The van der Waals surface area contributed by atoms with Gasteiger partial charge in [0.25, 0.3) is 0 Å². The van der Waals surface area contributed by atoms with Gasteiger partial charge in [-0.3, -0.25) is 4.79 Å². The normalized spacial score (nSPS) is 17.8. The van der Waals surface area contributed by atoms with Crippen molar-refractivity contribution in [2.24, 2.45) is 0 Å². The molecule has 1 aliphatic rings. The van der Waals surface area contributed by atoms with E-state index in [-0.39, 0.29) is 17.2 Å². The van der Waals surface area contributed by atoms with Gasteiger partial charge in [0, 0.05) is 12.0 Å². The number of carbonyl (C=O) groups excluding carboxylic acids is 1. The summed E-state index contributed by atoms with van der Waals surface area (Å²) < 4.78 is 12.7. The van der Waals surface area contributed by atoms with Crippen LogP contribution in [-0.2, 0) is 4.79 Å². The molecular formula is C8H9FO. The first-order valence-corrected chi connectivity index (χ1v) is 3.28. The van der Waals surface area contributed by atoms with E-state index in [0.29, 0.717) is 12.8 Å². The lowest BCUT2D eigenvalue weighted by Gasteiger charge is -2.04. The van der Waals surface area contributed by atoms with Crippen LogP contribution in [0.3, 0.4) is 0 Å². The third-order valence-corrected chi connectivity index (χ3v) is 1.49. The van der Waals surface area contributed by atoms with Crippen molar-refractivity contribution >= 4 is 5.78 Å². The van der Waals surface area contributed by atoms with Gasteiger partial charge in [0.05, 0.1) is 0 Å². The zero-order valence-corrected chi connectivity index (χ0v) is 5.86. The number of halogens is 1. The maximum Gasteiger partial charge on any atom is 0.162 e. The average Bonchev–Trinajstić information content (AvgIpc) is 1.88. The fourth-order valence-electron chi connectivity index (χ4n) is 0.945. The summed E-state index contributed by atoms with van der Waals surface area (Å²) in [6.45, 7) is 1.38. The van der Waals surface area contributed by atoms with E-state index < -0.39 is 0 Å². The largest absolute Gasteiger partial charge is 0.294 e. The zero-order chi connectivity index (χ0) is 7.56. The van der Waals surface area contributed by atoms with Crippen LogP contribution in [0.5, 0.6) is 0 Å². The minimum absolute atomic E-state index is 0.187. The average molecular weight is 140 g/mol. The van der Waals surface area contributed by atoms with Crippen molar-refractivity contribution in [1.29, 1.82) is 0 Å². The molecule has 0 aromatic heterocycles. The predicted octanol–water partition coefficient (Wildman–Crippen LogP) is 2.15. The monoisotopic (exact) mass is 140 g/mol. The summed E-state index contributed by atoms with van der Waals surface area (Å²) >= 11 is 0. The van der Waals surface area contributed by atoms with Gasteiger partial charge in [-0.15, -0.1) is 0 Å². The van der Waals surface area contributed by atoms with Gasteiger partial charge < -0.3 is 0 Å². The van der Waals surface area contributed by atoms with E-state index in [2.05, 4.69) is 0 Å². The first-order valence-electron chi connectivity index (χ1n) is 3.28. The third kappa shape index (κ3) is 1.32. The molecule has 1 rings (SSSR count). The van der Waals surface area contributed by atoms with Crippen LogP contribution in [0, 0.1) is 0 Å². The van der Waals surface area contributed by atoms with Crippen molar-refractivity contribution in [1.82, 2.24) is 0 Å². The first-order chi connectivity index (χ1) is 4.72. The number of hydrogen-bond acceptors (Lipinski definition) is 1. The fourth-order valence-corrected chi connectivity index (χ4v) is 0.945. The molecule has 1 aliphatic carbocycles. The second-order valence-corrected chi connectivity index (χ2v) is 2.32. The third-order valence-electron chi connectivity index (χ3n) is 1.49. The number of ketones is 1. The summed E-state index contributed by atoms with van der Waals surface area (Å²) in [4.78, 5) is 10.7. The smallest absolute Gasteiger partial charge is 0.162 e. The molecule has 0 spiro atoms. The van der Waals surface area contributed by atoms with Crippen LogP contribution in [0.4, 0.5) is 4.39 Å². The van der Waals surface area contributed by atoms with E-state index in [1.165, 1.54) is 6.92 Å². The molecule has 2 heteroatoms. The van der Waals surface area contributed by atoms with Crippen LogP contribution >= 0.6 is 0 Å². The van der Waals surface area contributed by atoms with E-state index >= 15 is 0 Å². The molecule has 0 fully saturated rings. The van der Waals surface area contributed by atoms with Crippen molar-refractivity contribution in [2.45, 2.75) is 19.8 Å². The standard InChI is InChI=1S/C8H9FO/c1-6(10)7-4-2-3-5-8(7)9/h2,4H,3,5H2,1H3. The van der Waals surface area contributed by atoms with Gasteiger partial charge in [0.2, 0.25) is 0 Å². The van der Waals surface area contributed by atoms with E-state index in [1.54, 1.807) is 6.08 Å². The van der Waals surface area contributed by atoms with Gasteiger partial charge in [0.15, 0.2) is 5.78 Å². The van der Waals surface area contributed by atoms with E-state index in [1.807, 2.05) is 6.08 Å². The Balaban J connectivity index is 2.90. The van der Waals surface area contributed by atoms with Gasteiger partial charge in [-0.2, -0.15) is 0 Å². The molecule has 0 N–H and O–H groups in total. The minimum atomic E-state index is -0.269. The molecule has 0 aliphatic heterocycles. The van der Waals surface area contributed by atoms with E-state index in [0.717, 1.165) is 0 Å². The van der Waals surface area contributed by atoms with Crippen molar-refractivity contribution < 1.29 is 9.18 Å². The lowest BCUT2D eigenvalue weighted by Crippen LogP contribution is -1.99. The molecule has 54 valence electrons. The number of Topliss-reactive ketones (excluding diaryl/α,β-unsaturated/α-hetero) is 1. The van der Waals surface area contributed by atoms with Gasteiger partial charge in [0.1, 0.15) is 5.83 Å². The quantitative estimate of drug-likeness (QED) is 0.545. The molecule has 1 nitrogen and oxygen atoms in total. The summed E-state index contributed by atoms with van der Waals surface area (Å²) in [5.74, 6) is -0.455. The molecular weight excluding hydrogens is 131 g/mol. The van der Waals surface area contributed by atoms with Crippen LogP contribution < -0.4 is 0 Å². The molecule has 0 heterocycles. The molecule has 0 atom stereocenters. The Bertz CT molecular complexity index is 213. The number of rotatable bonds is 1. The second-order valence-electron chi connectivity index (χ2n) is 2.32. The number of carbonyl (C=O) groups is 1. The van der Waals surface area contributed by atoms with Gasteiger partial charge >= 0.3 is 0 Å². The molecule has 0 aromatic rings. The van der Waals surface area contributed by atoms with Crippen LogP contribution in [-0.4, -0.2) is 5.78 Å². The highest BCUT2D eigenvalue weighted by molar-refractivity contribution is 5.96. The van der Waals surface area contributed by atoms with Crippen molar-refractivity contribution in [3.63, 3.8) is 0 Å². The maximum absolute atomic E-state index is 12.7. The van der Waals surface area contributed by atoms with Gasteiger partial charge in [-0.1, -0.05) is 12.2 Å². The molecule has 0 saturated carbocycles. The topological polar surface area (TPSA) is 17.1 Å². The van der Waals surface area contributed by atoms with Crippen LogP contribution in [0.1, 0.15) is 19.8 Å². The highest BCUT2D eigenvalue weighted by atomic mass is 19.1. The summed E-state index contributed by atoms with van der Waals surface area (Å²) in [6.07, 6.45) is 4.47. The van der Waals surface area contributed by atoms with Crippen molar-refractivity contribution in [3.8, 4) is 0 Å². The minimum Gasteiger partial charge on any atom is -0.294 e. The van der Waals surface area contributed by atoms with Crippen molar-refractivity contribution in [2.75, 3.05) is 0 Å². The fraction of sp³-hybridized carbons (Fsp3) is 0.375. The lowest BCUT2D eigenvalue weighted by molar-refractivity contribution is -0.113. The molecule has 0 radical (unpaired) electrons. The Morgan fingerprint density at radius 1 is 1.70 bits per heavy atom. The van der Waals surface area contributed by atoms with Crippen LogP contribution in [0.15, 0.2) is 23.6 Å². The number of hydrogen-bond donors (Lipinski definition) is 0. The molecule has 0 aromatic carbocycles.